The first-order valence-corrected chi connectivity index (χ1v) is 11.5. The lowest BCUT2D eigenvalue weighted by atomic mass is 10.2. The van der Waals surface area contributed by atoms with E-state index >= 15 is 0 Å². The number of amidine groups is 1. The Hall–Kier alpha value is -3.55. The zero-order chi connectivity index (χ0) is 24.5. The molecule has 0 spiro atoms. The molecule has 34 heavy (non-hydrogen) atoms. The van der Waals surface area contributed by atoms with Gasteiger partial charge in [-0.05, 0) is 18.2 Å². The Morgan fingerprint density at radius 2 is 2.00 bits per heavy atom. The molecule has 0 amide bonds. The normalized spacial score (nSPS) is 12.1. The van der Waals surface area contributed by atoms with E-state index in [-0.39, 0.29) is 5.75 Å². The lowest BCUT2D eigenvalue weighted by molar-refractivity contribution is 0.433. The summed E-state index contributed by atoms with van der Waals surface area (Å²) in [6, 6.07) is 5.54. The number of ether oxygens (including phenoxy) is 1. The summed E-state index contributed by atoms with van der Waals surface area (Å²) in [6.45, 7) is 0. The molecule has 4 rings (SSSR count). The molecule has 9 nitrogen and oxygen atoms in total. The smallest absolute Gasteiger partial charge is 0.266 e. The van der Waals surface area contributed by atoms with Crippen LogP contribution in [0.15, 0.2) is 65.0 Å². The van der Waals surface area contributed by atoms with Gasteiger partial charge in [-0.15, -0.1) is 12.6 Å². The van der Waals surface area contributed by atoms with Crippen LogP contribution in [0.4, 0.5) is 8.78 Å². The van der Waals surface area contributed by atoms with E-state index in [9.17, 15) is 17.2 Å². The number of imidazole rings is 1. The van der Waals surface area contributed by atoms with Crippen LogP contribution in [0, 0.1) is 17.0 Å². The van der Waals surface area contributed by atoms with Gasteiger partial charge in [-0.2, -0.15) is 0 Å². The van der Waals surface area contributed by atoms with E-state index in [1.807, 2.05) is 4.72 Å². The highest BCUT2D eigenvalue weighted by atomic mass is 35.5. The molecule has 0 saturated heterocycles. The molecule has 174 valence electrons. The van der Waals surface area contributed by atoms with Gasteiger partial charge in [-0.3, -0.25) is 19.5 Å². The second kappa shape index (κ2) is 9.37. The Labute approximate surface area is 202 Å². The van der Waals surface area contributed by atoms with E-state index in [2.05, 4.69) is 27.6 Å². The van der Waals surface area contributed by atoms with E-state index in [0.29, 0.717) is 40.4 Å². The van der Waals surface area contributed by atoms with Crippen LogP contribution in [-0.2, 0) is 10.0 Å². The van der Waals surface area contributed by atoms with Crippen molar-refractivity contribution in [2.45, 2.75) is 4.90 Å². The largest absolute Gasteiger partial charge is 0.453 e. The maximum absolute atomic E-state index is 14.8. The summed E-state index contributed by atoms with van der Waals surface area (Å²) in [5.41, 5.74) is 1.05. The van der Waals surface area contributed by atoms with Crippen LogP contribution >= 0.6 is 24.2 Å². The summed E-state index contributed by atoms with van der Waals surface area (Å²) in [7, 11) is -4.57. The zero-order valence-corrected chi connectivity index (χ0v) is 19.2. The maximum atomic E-state index is 14.8. The molecule has 2 heterocycles. The van der Waals surface area contributed by atoms with Gasteiger partial charge in [-0.1, -0.05) is 11.6 Å². The molecular weight excluding hydrogens is 510 g/mol. The molecular formula is C20H13ClF2N6O3S2. The minimum absolute atomic E-state index is 0.0940. The van der Waals surface area contributed by atoms with Crippen LogP contribution in [0.2, 0.25) is 5.02 Å². The van der Waals surface area contributed by atoms with Crippen LogP contribution in [0.25, 0.3) is 16.9 Å². The summed E-state index contributed by atoms with van der Waals surface area (Å²) >= 11 is 9.86. The number of nitrogens with one attached hydrogen (secondary N) is 2. The Kier molecular flexibility index (Phi) is 6.50. The highest BCUT2D eigenvalue weighted by Gasteiger charge is 2.24. The molecule has 0 atom stereocenters. The molecule has 14 heteroatoms. The number of aliphatic imine (C=N–C) groups is 1. The number of halogens is 3. The molecule has 2 aromatic carbocycles. The summed E-state index contributed by atoms with van der Waals surface area (Å²) in [6.07, 6.45) is 6.90. The number of aromatic nitrogens is 3. The van der Waals surface area contributed by atoms with Gasteiger partial charge in [0.1, 0.15) is 28.6 Å². The average molecular weight is 523 g/mol. The highest BCUT2D eigenvalue weighted by Crippen LogP contribution is 2.37. The molecule has 2 N–H and O–H groups in total. The fraction of sp³-hybridized carbons (Fsp3) is 0. The van der Waals surface area contributed by atoms with Crippen molar-refractivity contribution in [3.05, 3.63) is 71.8 Å². The van der Waals surface area contributed by atoms with Gasteiger partial charge in [0.05, 0.1) is 23.5 Å². The minimum Gasteiger partial charge on any atom is -0.453 e. The number of benzene rings is 2. The monoisotopic (exact) mass is 522 g/mol. The van der Waals surface area contributed by atoms with Crippen molar-refractivity contribution < 1.29 is 21.9 Å². The quantitative estimate of drug-likeness (QED) is 0.198. The molecule has 0 aliphatic heterocycles. The molecule has 0 aliphatic rings. The third kappa shape index (κ3) is 4.71. The molecule has 0 unspecified atom stereocenters. The van der Waals surface area contributed by atoms with Gasteiger partial charge in [0.2, 0.25) is 0 Å². The Morgan fingerprint density at radius 1 is 1.21 bits per heavy atom. The second-order valence-corrected chi connectivity index (χ2v) is 9.11. The van der Waals surface area contributed by atoms with Crippen LogP contribution < -0.4 is 9.46 Å². The molecule has 0 radical (unpaired) electrons. The minimum atomic E-state index is -4.57. The number of thiol groups is 1. The van der Waals surface area contributed by atoms with Crippen LogP contribution in [-0.4, -0.2) is 34.3 Å². The number of hydrogen-bond acceptors (Lipinski definition) is 6. The van der Waals surface area contributed by atoms with Crippen molar-refractivity contribution in [1.29, 1.82) is 5.41 Å². The summed E-state index contributed by atoms with van der Waals surface area (Å²) in [5.74, 6) is -2.50. The third-order valence-electron chi connectivity index (χ3n) is 4.42. The van der Waals surface area contributed by atoms with Crippen LogP contribution in [0.3, 0.4) is 0 Å². The number of nitrogens with zero attached hydrogens (tertiary/aromatic N) is 4. The Bertz CT molecular complexity index is 1560. The number of rotatable bonds is 6. The predicted molar refractivity (Wildman–Crippen MR) is 125 cm³/mol. The van der Waals surface area contributed by atoms with Gasteiger partial charge >= 0.3 is 0 Å². The van der Waals surface area contributed by atoms with E-state index < -0.39 is 37.5 Å². The average Bonchev–Trinajstić information content (AvgIpc) is 3.21. The van der Waals surface area contributed by atoms with Gasteiger partial charge in [0.25, 0.3) is 10.0 Å². The molecule has 0 aliphatic carbocycles. The van der Waals surface area contributed by atoms with Gasteiger partial charge < -0.3 is 4.74 Å². The van der Waals surface area contributed by atoms with Crippen molar-refractivity contribution in [1.82, 2.24) is 19.1 Å². The van der Waals surface area contributed by atoms with Crippen molar-refractivity contribution in [3.63, 3.8) is 0 Å². The van der Waals surface area contributed by atoms with E-state index in [0.717, 1.165) is 0 Å². The van der Waals surface area contributed by atoms with E-state index in [1.54, 1.807) is 35.3 Å². The Morgan fingerprint density at radius 3 is 2.76 bits per heavy atom. The summed E-state index contributed by atoms with van der Waals surface area (Å²) in [5, 5.41) is 6.67. The first kappa shape index (κ1) is 23.6. The first-order chi connectivity index (χ1) is 16.2. The fourth-order valence-electron chi connectivity index (χ4n) is 2.99. The predicted octanol–water partition coefficient (Wildman–Crippen LogP) is 4.29. The molecule has 0 bridgehead atoms. The number of hydrogen-bond donors (Lipinski definition) is 3. The summed E-state index contributed by atoms with van der Waals surface area (Å²) < 4.78 is 63.3. The molecule has 2 aromatic heterocycles. The number of fused-ring (bicyclic) bond motifs is 1. The molecule has 4 aromatic rings. The zero-order valence-electron chi connectivity index (χ0n) is 16.8. The van der Waals surface area contributed by atoms with Crippen molar-refractivity contribution in [2.24, 2.45) is 4.99 Å². The third-order valence-corrected chi connectivity index (χ3v) is 6.39. The standard InChI is InChI=1S/C20H13ClF2N6O3S2/c21-11-1-2-16(13(5-11)19-26-9-12-8-25-3-4-29(12)19)32-17-6-15(23)18(7-14(17)22)34(30,31)28-20(33)27-10-24/h1-10H,(H3,24,27,28,33). The fourth-order valence-corrected chi connectivity index (χ4v) is 4.56. The van der Waals surface area contributed by atoms with Crippen molar-refractivity contribution in [2.75, 3.05) is 0 Å². The lowest BCUT2D eigenvalue weighted by Crippen LogP contribution is -2.28. The Balaban J connectivity index is 1.74. The lowest BCUT2D eigenvalue weighted by Gasteiger charge is -2.14. The number of sulfonamides is 1. The first-order valence-electron chi connectivity index (χ1n) is 9.22. The maximum Gasteiger partial charge on any atom is 0.266 e. The van der Waals surface area contributed by atoms with E-state index in [1.165, 1.54) is 12.1 Å². The van der Waals surface area contributed by atoms with Crippen LogP contribution in [0.5, 0.6) is 11.5 Å². The summed E-state index contributed by atoms with van der Waals surface area (Å²) in [4.78, 5) is 10.6. The van der Waals surface area contributed by atoms with Crippen molar-refractivity contribution >= 4 is 51.3 Å². The topological polar surface area (TPSA) is 122 Å². The molecule has 0 fully saturated rings. The van der Waals surface area contributed by atoms with Gasteiger partial charge in [-0.25, -0.2) is 27.2 Å². The van der Waals surface area contributed by atoms with Crippen molar-refractivity contribution in [3.8, 4) is 22.9 Å². The highest BCUT2D eigenvalue weighted by molar-refractivity contribution is 8.00. The second-order valence-electron chi connectivity index (χ2n) is 6.60. The van der Waals surface area contributed by atoms with E-state index in [4.69, 9.17) is 21.7 Å². The van der Waals surface area contributed by atoms with Gasteiger partial charge in [0.15, 0.2) is 16.7 Å². The SMILES string of the molecule is N=C/N=C(\S)NS(=O)(=O)c1cc(F)c(Oc2ccc(Cl)cc2-c2ncc3cnccn23)cc1F. The molecule has 0 saturated carbocycles. The van der Waals surface area contributed by atoms with Gasteiger partial charge in [0, 0.05) is 29.5 Å². The van der Waals surface area contributed by atoms with Crippen LogP contribution in [0.1, 0.15) is 0 Å².